The van der Waals surface area contributed by atoms with Gasteiger partial charge in [-0.05, 0) is 18.4 Å². The number of thiophene rings is 1. The van der Waals surface area contributed by atoms with Gasteiger partial charge >= 0.3 is 0 Å². The lowest BCUT2D eigenvalue weighted by Crippen LogP contribution is -2.30. The second-order valence-corrected chi connectivity index (χ2v) is 5.94. The molecule has 0 radical (unpaired) electrons. The summed E-state index contributed by atoms with van der Waals surface area (Å²) in [4.78, 5) is 8.14. The first kappa shape index (κ1) is 12.5. The van der Waals surface area contributed by atoms with Gasteiger partial charge in [-0.15, -0.1) is 22.7 Å². The molecule has 0 fully saturated rings. The van der Waals surface area contributed by atoms with Crippen molar-refractivity contribution in [2.45, 2.75) is 25.9 Å². The zero-order valence-electron chi connectivity index (χ0n) is 10.1. The summed E-state index contributed by atoms with van der Waals surface area (Å²) in [5, 5.41) is 5.20. The number of nitrogens with zero attached hydrogens (tertiary/aromatic N) is 2. The fourth-order valence-electron chi connectivity index (χ4n) is 1.60. The predicted molar refractivity (Wildman–Crippen MR) is 75.9 cm³/mol. The predicted octanol–water partition coefficient (Wildman–Crippen LogP) is 2.73. The van der Waals surface area contributed by atoms with Crippen molar-refractivity contribution in [2.24, 2.45) is 5.73 Å². The van der Waals surface area contributed by atoms with Gasteiger partial charge in [0.15, 0.2) is 5.13 Å². The molecule has 2 N–H and O–H groups in total. The maximum atomic E-state index is 5.58. The highest BCUT2D eigenvalue weighted by Crippen LogP contribution is 2.23. The molecule has 17 heavy (non-hydrogen) atoms. The summed E-state index contributed by atoms with van der Waals surface area (Å²) in [5.41, 5.74) is 6.55. The Morgan fingerprint density at radius 2 is 2.29 bits per heavy atom. The highest BCUT2D eigenvalue weighted by molar-refractivity contribution is 7.13. The minimum atomic E-state index is 0.449. The fraction of sp³-hybridized carbons (Fsp3) is 0.417. The van der Waals surface area contributed by atoms with Crippen molar-refractivity contribution >= 4 is 27.8 Å². The quantitative estimate of drug-likeness (QED) is 0.905. The first-order valence-electron chi connectivity index (χ1n) is 5.60. The molecule has 0 aliphatic carbocycles. The molecule has 2 heterocycles. The van der Waals surface area contributed by atoms with Crippen LogP contribution in [0.3, 0.4) is 0 Å². The number of likely N-dealkylation sites (N-methyl/N-ethyl adjacent to an activating group) is 1. The molecule has 2 rings (SSSR count). The summed E-state index contributed by atoms with van der Waals surface area (Å²) in [5.74, 6) is 0. The summed E-state index contributed by atoms with van der Waals surface area (Å²) in [6.07, 6.45) is 1.06. The number of hydrogen-bond donors (Lipinski definition) is 1. The average molecular weight is 267 g/mol. The van der Waals surface area contributed by atoms with Crippen molar-refractivity contribution in [1.29, 1.82) is 0 Å². The largest absolute Gasteiger partial charge is 0.348 e. The van der Waals surface area contributed by atoms with Gasteiger partial charge in [0.2, 0.25) is 0 Å². The minimum absolute atomic E-state index is 0.449. The zero-order valence-corrected chi connectivity index (χ0v) is 11.7. The van der Waals surface area contributed by atoms with E-state index in [2.05, 4.69) is 41.4 Å². The van der Waals surface area contributed by atoms with Crippen LogP contribution in [0.1, 0.15) is 17.5 Å². The van der Waals surface area contributed by atoms with Crippen molar-refractivity contribution < 1.29 is 0 Å². The highest BCUT2D eigenvalue weighted by Gasteiger charge is 2.14. The third kappa shape index (κ3) is 3.06. The van der Waals surface area contributed by atoms with Gasteiger partial charge in [0, 0.05) is 36.3 Å². The third-order valence-corrected chi connectivity index (χ3v) is 4.67. The Balaban J connectivity index is 2.01. The number of rotatable bonds is 5. The Morgan fingerprint density at radius 3 is 2.88 bits per heavy atom. The van der Waals surface area contributed by atoms with Gasteiger partial charge in [0.05, 0.1) is 5.69 Å². The van der Waals surface area contributed by atoms with Gasteiger partial charge in [-0.25, -0.2) is 4.98 Å². The molecule has 2 aromatic heterocycles. The Kier molecular flexibility index (Phi) is 4.15. The van der Waals surface area contributed by atoms with E-state index in [4.69, 9.17) is 5.73 Å². The van der Waals surface area contributed by atoms with E-state index >= 15 is 0 Å². The molecular weight excluding hydrogens is 250 g/mol. The fourth-order valence-corrected chi connectivity index (χ4v) is 3.33. The van der Waals surface area contributed by atoms with Crippen LogP contribution in [0.15, 0.2) is 22.9 Å². The third-order valence-electron chi connectivity index (χ3n) is 2.79. The summed E-state index contributed by atoms with van der Waals surface area (Å²) >= 11 is 3.47. The molecule has 0 saturated carbocycles. The number of aromatic nitrogens is 1. The molecule has 0 aliphatic heterocycles. The van der Waals surface area contributed by atoms with E-state index < -0.39 is 0 Å². The maximum absolute atomic E-state index is 5.58. The van der Waals surface area contributed by atoms with Crippen LogP contribution in [0.2, 0.25) is 0 Å². The van der Waals surface area contributed by atoms with E-state index in [0.717, 1.165) is 17.2 Å². The molecule has 1 unspecified atom stereocenters. The van der Waals surface area contributed by atoms with E-state index in [9.17, 15) is 0 Å². The first-order valence-corrected chi connectivity index (χ1v) is 7.36. The molecule has 92 valence electrons. The minimum Gasteiger partial charge on any atom is -0.348 e. The lowest BCUT2D eigenvalue weighted by Gasteiger charge is -2.23. The van der Waals surface area contributed by atoms with Crippen molar-refractivity contribution in [3.63, 3.8) is 0 Å². The lowest BCUT2D eigenvalue weighted by atomic mass is 10.2. The average Bonchev–Trinajstić information content (AvgIpc) is 2.98. The van der Waals surface area contributed by atoms with E-state index in [0.29, 0.717) is 12.6 Å². The molecule has 0 bridgehead atoms. The smallest absolute Gasteiger partial charge is 0.185 e. The molecule has 5 heteroatoms. The highest BCUT2D eigenvalue weighted by atomic mass is 32.1. The molecule has 0 saturated heterocycles. The molecular formula is C12H17N3S2. The Labute approximate surface area is 110 Å². The second-order valence-electron chi connectivity index (χ2n) is 4.07. The number of anilines is 1. The van der Waals surface area contributed by atoms with Crippen LogP contribution in [-0.2, 0) is 13.0 Å². The molecule has 1 atom stereocenters. The van der Waals surface area contributed by atoms with Crippen LogP contribution in [0.25, 0.3) is 0 Å². The molecule has 3 nitrogen and oxygen atoms in total. The van der Waals surface area contributed by atoms with Crippen molar-refractivity contribution in [3.05, 3.63) is 33.5 Å². The van der Waals surface area contributed by atoms with E-state index in [1.165, 1.54) is 4.88 Å². The number of nitrogens with two attached hydrogens (primary N) is 1. The van der Waals surface area contributed by atoms with Gasteiger partial charge in [-0.1, -0.05) is 6.07 Å². The summed E-state index contributed by atoms with van der Waals surface area (Å²) < 4.78 is 0. The Morgan fingerprint density at radius 1 is 1.47 bits per heavy atom. The van der Waals surface area contributed by atoms with Crippen LogP contribution in [0.5, 0.6) is 0 Å². The number of hydrogen-bond acceptors (Lipinski definition) is 5. The molecule has 0 spiro atoms. The SMILES string of the molecule is CC(Cc1cccs1)N(C)c1nc(CN)cs1. The monoisotopic (exact) mass is 267 g/mol. The standard InChI is InChI=1S/C12H17N3S2/c1-9(6-11-4-3-5-16-11)15(2)12-14-10(7-13)8-17-12/h3-5,8-9H,6-7,13H2,1-2H3. The van der Waals surface area contributed by atoms with E-state index in [-0.39, 0.29) is 0 Å². The first-order chi connectivity index (χ1) is 8.20. The van der Waals surface area contributed by atoms with Crippen molar-refractivity contribution in [3.8, 4) is 0 Å². The van der Waals surface area contributed by atoms with Gasteiger partial charge < -0.3 is 10.6 Å². The Bertz CT molecular complexity index is 450. The normalized spacial score (nSPS) is 12.6. The summed E-state index contributed by atoms with van der Waals surface area (Å²) in [7, 11) is 2.09. The zero-order chi connectivity index (χ0) is 12.3. The summed E-state index contributed by atoms with van der Waals surface area (Å²) in [6.45, 7) is 2.74. The molecule has 2 aromatic rings. The van der Waals surface area contributed by atoms with Gasteiger partial charge in [0.1, 0.15) is 0 Å². The van der Waals surface area contributed by atoms with E-state index in [1.807, 2.05) is 16.7 Å². The lowest BCUT2D eigenvalue weighted by molar-refractivity contribution is 0.685. The van der Waals surface area contributed by atoms with Crippen LogP contribution >= 0.6 is 22.7 Å². The van der Waals surface area contributed by atoms with Gasteiger partial charge in [-0.3, -0.25) is 0 Å². The van der Waals surface area contributed by atoms with Crippen LogP contribution < -0.4 is 10.6 Å². The molecule has 0 aliphatic rings. The van der Waals surface area contributed by atoms with E-state index in [1.54, 1.807) is 11.3 Å². The van der Waals surface area contributed by atoms with Gasteiger partial charge in [-0.2, -0.15) is 0 Å². The topological polar surface area (TPSA) is 42.2 Å². The van der Waals surface area contributed by atoms with Crippen LogP contribution in [0.4, 0.5) is 5.13 Å². The van der Waals surface area contributed by atoms with Crippen molar-refractivity contribution in [2.75, 3.05) is 11.9 Å². The molecule has 0 aromatic carbocycles. The van der Waals surface area contributed by atoms with Gasteiger partial charge in [0.25, 0.3) is 0 Å². The van der Waals surface area contributed by atoms with Crippen molar-refractivity contribution in [1.82, 2.24) is 4.98 Å². The maximum Gasteiger partial charge on any atom is 0.185 e. The summed E-state index contributed by atoms with van der Waals surface area (Å²) in [6, 6.07) is 4.73. The Hall–Kier alpha value is -0.910. The van der Waals surface area contributed by atoms with Crippen LogP contribution in [0, 0.1) is 0 Å². The second kappa shape index (κ2) is 5.62. The van der Waals surface area contributed by atoms with Crippen LogP contribution in [-0.4, -0.2) is 18.1 Å². The number of thiazole rings is 1. The molecule has 0 amide bonds.